The molecule has 0 heterocycles. The number of sulfonamides is 1. The predicted octanol–water partition coefficient (Wildman–Crippen LogP) is 4.19. The summed E-state index contributed by atoms with van der Waals surface area (Å²) in [5.74, 6) is -0.807. The third kappa shape index (κ3) is 7.81. The van der Waals surface area contributed by atoms with E-state index >= 15 is 0 Å². The topological polar surface area (TPSA) is 86.8 Å². The van der Waals surface area contributed by atoms with Gasteiger partial charge >= 0.3 is 0 Å². The minimum absolute atomic E-state index is 0.139. The average molecular weight is 542 g/mol. The third-order valence-corrected chi connectivity index (χ3v) is 7.49. The molecule has 0 spiro atoms. The Hall–Kier alpha value is -3.36. The van der Waals surface area contributed by atoms with Gasteiger partial charge in [0.1, 0.15) is 12.6 Å². The highest BCUT2D eigenvalue weighted by molar-refractivity contribution is 7.92. The summed E-state index contributed by atoms with van der Waals surface area (Å²) < 4.78 is 26.6. The van der Waals surface area contributed by atoms with Crippen LogP contribution in [0.1, 0.15) is 23.6 Å². The number of hydrogen-bond acceptors (Lipinski definition) is 4. The van der Waals surface area contributed by atoms with E-state index in [0.717, 1.165) is 27.3 Å². The molecule has 3 aromatic rings. The first kappa shape index (κ1) is 28.2. The Balaban J connectivity index is 2.03. The zero-order valence-corrected chi connectivity index (χ0v) is 22.8. The highest BCUT2D eigenvalue weighted by atomic mass is 35.5. The number of hydrogen-bond donors (Lipinski definition) is 1. The first-order valence-corrected chi connectivity index (χ1v) is 14.2. The summed E-state index contributed by atoms with van der Waals surface area (Å²) >= 11 is 6.26. The first-order chi connectivity index (χ1) is 17.6. The van der Waals surface area contributed by atoms with Gasteiger partial charge in [0.05, 0.1) is 11.9 Å². The maximum absolute atomic E-state index is 13.9. The van der Waals surface area contributed by atoms with E-state index in [1.54, 1.807) is 12.1 Å². The Bertz CT molecular complexity index is 1320. The number of nitrogens with one attached hydrogen (secondary N) is 1. The van der Waals surface area contributed by atoms with Gasteiger partial charge < -0.3 is 10.2 Å². The number of amides is 2. The number of benzene rings is 3. The zero-order valence-electron chi connectivity index (χ0n) is 21.2. The van der Waals surface area contributed by atoms with Gasteiger partial charge in [-0.15, -0.1) is 0 Å². The molecule has 0 fully saturated rings. The molecule has 1 N–H and O–H groups in total. The van der Waals surface area contributed by atoms with Crippen LogP contribution >= 0.6 is 11.6 Å². The van der Waals surface area contributed by atoms with E-state index in [-0.39, 0.29) is 24.6 Å². The van der Waals surface area contributed by atoms with Crippen LogP contribution in [-0.4, -0.2) is 50.5 Å². The largest absolute Gasteiger partial charge is 0.355 e. The van der Waals surface area contributed by atoms with Gasteiger partial charge in [-0.25, -0.2) is 8.42 Å². The number of likely N-dealkylation sites (N-methyl/N-ethyl adjacent to an activating group) is 1. The van der Waals surface area contributed by atoms with Crippen LogP contribution in [0.25, 0.3) is 0 Å². The molecule has 1 atom stereocenters. The molecule has 0 aliphatic heterocycles. The number of nitrogens with zero attached hydrogens (tertiary/aromatic N) is 2. The number of carbonyl (C=O) groups excluding carboxylic acids is 2. The van der Waals surface area contributed by atoms with E-state index in [9.17, 15) is 18.0 Å². The molecule has 0 aromatic heterocycles. The van der Waals surface area contributed by atoms with E-state index in [1.807, 2.05) is 74.5 Å². The third-order valence-electron chi connectivity index (χ3n) is 5.94. The van der Waals surface area contributed by atoms with Crippen molar-refractivity contribution >= 4 is 39.1 Å². The monoisotopic (exact) mass is 541 g/mol. The molecule has 0 unspecified atom stereocenters. The Morgan fingerprint density at radius 1 is 0.946 bits per heavy atom. The first-order valence-electron chi connectivity index (χ1n) is 12.0. The molecule has 7 nitrogen and oxygen atoms in total. The van der Waals surface area contributed by atoms with Crippen LogP contribution in [0.2, 0.25) is 5.02 Å². The van der Waals surface area contributed by atoms with Gasteiger partial charge in [0.2, 0.25) is 21.8 Å². The van der Waals surface area contributed by atoms with Crippen molar-refractivity contribution in [2.24, 2.45) is 0 Å². The molecule has 196 valence electrons. The van der Waals surface area contributed by atoms with Gasteiger partial charge in [-0.05, 0) is 42.7 Å². The Labute approximate surface area is 224 Å². The molecule has 2 amide bonds. The van der Waals surface area contributed by atoms with E-state index in [4.69, 9.17) is 11.6 Å². The molecule has 3 aromatic carbocycles. The smallest absolute Gasteiger partial charge is 0.244 e. The van der Waals surface area contributed by atoms with Gasteiger partial charge in [0.15, 0.2) is 0 Å². The lowest BCUT2D eigenvalue weighted by atomic mass is 10.0. The van der Waals surface area contributed by atoms with Crippen LogP contribution in [0, 0.1) is 6.92 Å². The molecule has 0 saturated heterocycles. The van der Waals surface area contributed by atoms with E-state index in [2.05, 4.69) is 5.32 Å². The number of carbonyl (C=O) groups is 2. The van der Waals surface area contributed by atoms with Gasteiger partial charge in [-0.2, -0.15) is 0 Å². The van der Waals surface area contributed by atoms with Crippen LogP contribution in [-0.2, 0) is 32.6 Å². The fraction of sp³-hybridized carbons (Fsp3) is 0.286. The summed E-state index contributed by atoms with van der Waals surface area (Å²) in [6.07, 6.45) is 1.32. The Morgan fingerprint density at radius 3 is 2.08 bits per heavy atom. The van der Waals surface area contributed by atoms with E-state index in [1.165, 1.54) is 11.0 Å². The lowest BCUT2D eigenvalue weighted by Crippen LogP contribution is -2.53. The van der Waals surface area contributed by atoms with Crippen molar-refractivity contribution in [3.8, 4) is 0 Å². The SMILES string of the molecule is CCNC(=O)[C@@H](Cc1ccccc1)N(Cc1ccccc1)C(=O)CN(c1ccc(C)c(Cl)c1)S(C)(=O)=O. The second-order valence-corrected chi connectivity index (χ2v) is 11.1. The van der Waals surface area contributed by atoms with Crippen molar-refractivity contribution in [1.29, 1.82) is 0 Å². The lowest BCUT2D eigenvalue weighted by molar-refractivity contribution is -0.140. The standard InChI is InChI=1S/C28H32ClN3O4S/c1-4-30-28(34)26(17-22-11-7-5-8-12-22)31(19-23-13-9-6-10-14-23)27(33)20-32(37(3,35)36)24-16-15-21(2)25(29)18-24/h5-16,18,26H,4,17,19-20H2,1-3H3,(H,30,34)/t26-/m1/s1. The average Bonchev–Trinajstić information content (AvgIpc) is 2.87. The van der Waals surface area contributed by atoms with Gasteiger partial charge in [-0.3, -0.25) is 13.9 Å². The van der Waals surface area contributed by atoms with Gasteiger partial charge in [-0.1, -0.05) is 78.3 Å². The van der Waals surface area contributed by atoms with Gasteiger partial charge in [0, 0.05) is 24.5 Å². The maximum atomic E-state index is 13.9. The lowest BCUT2D eigenvalue weighted by Gasteiger charge is -2.33. The second-order valence-electron chi connectivity index (χ2n) is 8.81. The van der Waals surface area contributed by atoms with Crippen molar-refractivity contribution < 1.29 is 18.0 Å². The van der Waals surface area contributed by atoms with Crippen LogP contribution in [0.3, 0.4) is 0 Å². The summed E-state index contributed by atoms with van der Waals surface area (Å²) in [5, 5.41) is 3.23. The van der Waals surface area contributed by atoms with E-state index in [0.29, 0.717) is 11.6 Å². The van der Waals surface area contributed by atoms with Crippen molar-refractivity contribution in [1.82, 2.24) is 10.2 Å². The molecule has 3 rings (SSSR count). The van der Waals surface area contributed by atoms with Crippen molar-refractivity contribution in [2.75, 3.05) is 23.7 Å². The van der Waals surface area contributed by atoms with Crippen LogP contribution in [0.4, 0.5) is 5.69 Å². The summed E-state index contributed by atoms with van der Waals surface area (Å²) in [6, 6.07) is 22.7. The predicted molar refractivity (Wildman–Crippen MR) is 148 cm³/mol. The summed E-state index contributed by atoms with van der Waals surface area (Å²) in [4.78, 5) is 28.6. The van der Waals surface area contributed by atoms with Crippen LogP contribution in [0.5, 0.6) is 0 Å². The minimum Gasteiger partial charge on any atom is -0.355 e. The molecule has 0 aliphatic carbocycles. The molecule has 0 radical (unpaired) electrons. The van der Waals surface area contributed by atoms with Crippen molar-refractivity contribution in [3.63, 3.8) is 0 Å². The number of anilines is 1. The fourth-order valence-corrected chi connectivity index (χ4v) is 4.99. The fourth-order valence-electron chi connectivity index (χ4n) is 3.98. The molecule has 9 heteroatoms. The summed E-state index contributed by atoms with van der Waals surface area (Å²) in [5.41, 5.74) is 2.77. The Kier molecular flexibility index (Phi) is 9.72. The molecular weight excluding hydrogens is 510 g/mol. The second kappa shape index (κ2) is 12.7. The van der Waals surface area contributed by atoms with Crippen molar-refractivity contribution in [2.45, 2.75) is 32.9 Å². The maximum Gasteiger partial charge on any atom is 0.244 e. The van der Waals surface area contributed by atoms with Crippen LogP contribution < -0.4 is 9.62 Å². The molecule has 0 saturated carbocycles. The number of aryl methyl sites for hydroxylation is 1. The zero-order chi connectivity index (χ0) is 27.0. The summed E-state index contributed by atoms with van der Waals surface area (Å²) in [6.45, 7) is 3.68. The minimum atomic E-state index is -3.84. The highest BCUT2D eigenvalue weighted by Crippen LogP contribution is 2.25. The van der Waals surface area contributed by atoms with Crippen LogP contribution in [0.15, 0.2) is 78.9 Å². The summed E-state index contributed by atoms with van der Waals surface area (Å²) in [7, 11) is -3.84. The van der Waals surface area contributed by atoms with Gasteiger partial charge in [0.25, 0.3) is 0 Å². The highest BCUT2D eigenvalue weighted by Gasteiger charge is 2.32. The molecule has 0 bridgehead atoms. The van der Waals surface area contributed by atoms with Crippen molar-refractivity contribution in [3.05, 3.63) is 101 Å². The Morgan fingerprint density at radius 2 is 1.54 bits per heavy atom. The number of halogens is 1. The molecule has 0 aliphatic rings. The van der Waals surface area contributed by atoms with E-state index < -0.39 is 28.5 Å². The molecular formula is C28H32ClN3O4S. The quantitative estimate of drug-likeness (QED) is 0.394. The normalized spacial score (nSPS) is 12.0. The molecule has 37 heavy (non-hydrogen) atoms. The number of rotatable bonds is 11.